The molecule has 460 valence electrons. The molecule has 0 radical (unpaired) electrons. The van der Waals surface area contributed by atoms with E-state index in [4.69, 9.17) is 14.2 Å². The van der Waals surface area contributed by atoms with E-state index in [1.54, 1.807) is 12.1 Å². The monoisotopic (exact) mass is 1260 g/mol. The standard InChI is InChI=1S/C88H56B2F4O3/c1-53-50-57(55-22-4-3-5-23-55)46-48-70(53)89(72-36-18-35-69-85(72)96-81-45-15-11-32-66(81)88(69)63-29-8-12-42-78(63)95-79-43-13-9-30-64(79)88)71-49-47-58(51-54(71)2)56-24-16-25-59(52-56)60-27-17-33-67-82(60)61-26-6-7-28-62(61)87(67)65-31-10-14-44-80(65)97-86-68(87)34-19-37-73(86)90(83-74(91)38-20-39-75(83)92)84-76(93)40-21-41-77(84)94/h3-52H,1-2H3. The van der Waals surface area contributed by atoms with Gasteiger partial charge in [0.15, 0.2) is 0 Å². The molecule has 1 atom stereocenters. The summed E-state index contributed by atoms with van der Waals surface area (Å²) in [6, 6.07) is 99.9. The van der Waals surface area contributed by atoms with Crippen molar-refractivity contribution in [2.45, 2.75) is 24.7 Å². The largest absolute Gasteiger partial charge is 0.457 e. The Hall–Kier alpha value is -11.7. The van der Waals surface area contributed by atoms with Gasteiger partial charge in [-0.25, -0.2) is 17.6 Å². The number of hydrogen-bond donors (Lipinski definition) is 0. The predicted molar refractivity (Wildman–Crippen MR) is 383 cm³/mol. The van der Waals surface area contributed by atoms with E-state index in [0.29, 0.717) is 11.3 Å². The molecule has 0 aromatic heterocycles. The minimum Gasteiger partial charge on any atom is -0.457 e. The second kappa shape index (κ2) is 22.5. The summed E-state index contributed by atoms with van der Waals surface area (Å²) in [5.41, 5.74) is 19.0. The van der Waals surface area contributed by atoms with Crippen LogP contribution in [-0.2, 0) is 10.8 Å². The topological polar surface area (TPSA) is 27.7 Å². The second-order valence-corrected chi connectivity index (χ2v) is 25.7. The Kier molecular flexibility index (Phi) is 13.4. The first-order valence-electron chi connectivity index (χ1n) is 32.8. The van der Waals surface area contributed by atoms with Crippen molar-refractivity contribution >= 4 is 46.2 Å². The van der Waals surface area contributed by atoms with Crippen LogP contribution in [-0.4, -0.2) is 13.4 Å². The van der Waals surface area contributed by atoms with Crippen LogP contribution in [0.1, 0.15) is 55.6 Å². The molecule has 97 heavy (non-hydrogen) atoms. The fourth-order valence-corrected chi connectivity index (χ4v) is 16.7. The van der Waals surface area contributed by atoms with E-state index in [1.165, 1.54) is 12.1 Å². The van der Waals surface area contributed by atoms with E-state index in [2.05, 4.69) is 220 Å². The highest BCUT2D eigenvalue weighted by atomic mass is 19.1. The minimum absolute atomic E-state index is 0.209. The third-order valence-electron chi connectivity index (χ3n) is 20.8. The van der Waals surface area contributed by atoms with E-state index < -0.39 is 51.7 Å². The highest BCUT2D eigenvalue weighted by molar-refractivity contribution is 6.97. The van der Waals surface area contributed by atoms with Crippen LogP contribution in [0, 0.1) is 37.1 Å². The SMILES string of the molecule is Cc1cc(-c2ccccc2)ccc1B(c1ccc(-c2cccc(-c3cccc4c3-c3ccccc3C43c4ccccc4Oc4c(B(c5c(F)cccc5F)c5c(F)cccc5F)cccc43)c2)cc1C)c1cccc2c1Oc1ccccc1C21c2ccccc2Oc2ccccc21. The number of halogens is 4. The lowest BCUT2D eigenvalue weighted by atomic mass is 9.35. The van der Waals surface area contributed by atoms with Crippen molar-refractivity contribution in [3.05, 3.63) is 382 Å². The molecule has 2 spiro atoms. The lowest BCUT2D eigenvalue weighted by Crippen LogP contribution is -2.57. The van der Waals surface area contributed by atoms with Gasteiger partial charge in [-0.2, -0.15) is 0 Å². The van der Waals surface area contributed by atoms with Gasteiger partial charge in [0.05, 0.1) is 10.8 Å². The van der Waals surface area contributed by atoms with Gasteiger partial charge in [-0.05, 0) is 135 Å². The first kappa shape index (κ1) is 58.0. The second-order valence-electron chi connectivity index (χ2n) is 25.7. The fourth-order valence-electron chi connectivity index (χ4n) is 16.7. The van der Waals surface area contributed by atoms with Crippen LogP contribution in [0.3, 0.4) is 0 Å². The Balaban J connectivity index is 0.792. The number of hydrogen-bond acceptors (Lipinski definition) is 3. The molecule has 3 nitrogen and oxygen atoms in total. The van der Waals surface area contributed by atoms with Gasteiger partial charge in [-0.3, -0.25) is 0 Å². The van der Waals surface area contributed by atoms with Crippen LogP contribution >= 0.6 is 0 Å². The molecule has 1 aliphatic carbocycles. The maximum absolute atomic E-state index is 16.4. The fraction of sp³-hybridized carbons (Fsp3) is 0.0455. The normalized spacial score (nSPS) is 14.5. The average molecular weight is 1260 g/mol. The summed E-state index contributed by atoms with van der Waals surface area (Å²) in [6.07, 6.45) is 0. The Morgan fingerprint density at radius 3 is 1.14 bits per heavy atom. The molecule has 14 aromatic rings. The van der Waals surface area contributed by atoms with Gasteiger partial charge < -0.3 is 14.2 Å². The van der Waals surface area contributed by atoms with Gasteiger partial charge in [0.25, 0.3) is 6.71 Å². The molecule has 0 saturated heterocycles. The summed E-state index contributed by atoms with van der Waals surface area (Å²) in [7, 11) is 0. The first-order chi connectivity index (χ1) is 47.6. The first-order valence-corrected chi connectivity index (χ1v) is 32.8. The van der Waals surface area contributed by atoms with Crippen molar-refractivity contribution < 1.29 is 31.8 Å². The molecule has 0 saturated carbocycles. The average Bonchev–Trinajstić information content (AvgIpc) is 1.63. The van der Waals surface area contributed by atoms with Crippen molar-refractivity contribution in [3.8, 4) is 79.0 Å². The molecule has 0 amide bonds. The van der Waals surface area contributed by atoms with Gasteiger partial charge >= 0.3 is 0 Å². The smallest absolute Gasteiger partial charge is 0.261 e. The van der Waals surface area contributed by atoms with Crippen molar-refractivity contribution in [1.82, 2.24) is 0 Å². The van der Waals surface area contributed by atoms with Crippen LogP contribution in [0.5, 0.6) is 34.5 Å². The summed E-state index contributed by atoms with van der Waals surface area (Å²) < 4.78 is 86.7. The van der Waals surface area contributed by atoms with Crippen LogP contribution in [0.15, 0.2) is 303 Å². The van der Waals surface area contributed by atoms with E-state index in [9.17, 15) is 0 Å². The maximum Gasteiger partial charge on any atom is 0.261 e. The van der Waals surface area contributed by atoms with Crippen LogP contribution in [0.2, 0.25) is 0 Å². The molecule has 3 heterocycles. The quantitative estimate of drug-likeness (QED) is 0.106. The summed E-state index contributed by atoms with van der Waals surface area (Å²) in [5, 5.41) is 0. The maximum atomic E-state index is 16.4. The Morgan fingerprint density at radius 1 is 0.258 bits per heavy atom. The number of rotatable bonds is 9. The third kappa shape index (κ3) is 8.63. The zero-order valence-electron chi connectivity index (χ0n) is 52.8. The van der Waals surface area contributed by atoms with E-state index in [-0.39, 0.29) is 17.9 Å². The Morgan fingerprint density at radius 2 is 0.619 bits per heavy atom. The molecule has 9 heteroatoms. The van der Waals surface area contributed by atoms with E-state index in [1.807, 2.05) is 48.5 Å². The van der Waals surface area contributed by atoms with Crippen LogP contribution in [0.4, 0.5) is 17.6 Å². The van der Waals surface area contributed by atoms with Gasteiger partial charge in [0.2, 0.25) is 6.71 Å². The molecule has 3 aliphatic heterocycles. The number of ether oxygens (including phenoxy) is 3. The van der Waals surface area contributed by atoms with Crippen molar-refractivity contribution in [1.29, 1.82) is 0 Å². The number of aryl methyl sites for hydroxylation is 2. The summed E-state index contributed by atoms with van der Waals surface area (Å²) in [4.78, 5) is 0. The Bertz CT molecular complexity index is 5440. The third-order valence-corrected chi connectivity index (χ3v) is 20.8. The molecular weight excluding hydrogens is 1200 g/mol. The number of para-hydroxylation sites is 6. The minimum atomic E-state index is -1.58. The zero-order valence-corrected chi connectivity index (χ0v) is 52.8. The van der Waals surface area contributed by atoms with Gasteiger partial charge in [0.1, 0.15) is 57.8 Å². The molecule has 4 aliphatic rings. The molecule has 14 aromatic carbocycles. The molecule has 18 rings (SSSR count). The number of fused-ring (bicyclic) bond motifs is 17. The predicted octanol–water partition coefficient (Wildman–Crippen LogP) is 18.0. The lowest BCUT2D eigenvalue weighted by Gasteiger charge is -2.45. The molecule has 1 unspecified atom stereocenters. The molecule has 0 N–H and O–H groups in total. The highest BCUT2D eigenvalue weighted by Crippen LogP contribution is 2.64. The van der Waals surface area contributed by atoms with E-state index >= 15 is 17.6 Å². The molecule has 0 bridgehead atoms. The van der Waals surface area contributed by atoms with Crippen LogP contribution in [0.25, 0.3) is 44.5 Å². The zero-order chi connectivity index (χ0) is 65.3. The summed E-state index contributed by atoms with van der Waals surface area (Å²) in [6.45, 7) is 2.58. The van der Waals surface area contributed by atoms with Gasteiger partial charge in [-0.15, -0.1) is 0 Å². The van der Waals surface area contributed by atoms with Crippen molar-refractivity contribution in [2.24, 2.45) is 0 Å². The van der Waals surface area contributed by atoms with Gasteiger partial charge in [-0.1, -0.05) is 271 Å². The van der Waals surface area contributed by atoms with Crippen LogP contribution < -0.4 is 47.0 Å². The Labute approximate surface area is 560 Å². The molecule has 0 fully saturated rings. The van der Waals surface area contributed by atoms with Crippen molar-refractivity contribution in [2.75, 3.05) is 0 Å². The molecular formula is C88H56B2F4O3. The summed E-state index contributed by atoms with van der Waals surface area (Å²) >= 11 is 0. The lowest BCUT2D eigenvalue weighted by molar-refractivity contribution is 0.401. The van der Waals surface area contributed by atoms with Gasteiger partial charge in [0, 0.05) is 44.3 Å². The van der Waals surface area contributed by atoms with Crippen molar-refractivity contribution in [3.63, 3.8) is 0 Å². The highest BCUT2D eigenvalue weighted by Gasteiger charge is 2.54. The number of benzene rings is 14. The summed E-state index contributed by atoms with van der Waals surface area (Å²) in [5.74, 6) is 0.217. The van der Waals surface area contributed by atoms with E-state index in [0.717, 1.165) is 158 Å².